The maximum absolute atomic E-state index is 12.1. The van der Waals surface area contributed by atoms with E-state index in [0.29, 0.717) is 18.8 Å². The molecule has 2 aromatic heterocycles. The minimum atomic E-state index is -0.0369. The summed E-state index contributed by atoms with van der Waals surface area (Å²) >= 11 is 3.48. The largest absolute Gasteiger partial charge is 0.482 e. The van der Waals surface area contributed by atoms with Crippen LogP contribution in [0.5, 0.6) is 5.75 Å². The van der Waals surface area contributed by atoms with Crippen molar-refractivity contribution in [3.8, 4) is 17.0 Å². The van der Waals surface area contributed by atoms with Crippen LogP contribution in [-0.2, 0) is 11.3 Å². The van der Waals surface area contributed by atoms with E-state index in [1.54, 1.807) is 4.90 Å². The van der Waals surface area contributed by atoms with Crippen LogP contribution in [0.1, 0.15) is 12.6 Å². The Bertz CT molecular complexity index is 983. The fourth-order valence-corrected chi connectivity index (χ4v) is 3.53. The zero-order valence-electron chi connectivity index (χ0n) is 13.7. The molecule has 0 radical (unpaired) electrons. The number of hydrogen-bond donors (Lipinski definition) is 1. The number of anilines is 1. The number of imidazole rings is 1. The monoisotopic (exact) mass is 400 g/mol. The van der Waals surface area contributed by atoms with E-state index in [9.17, 15) is 4.79 Å². The van der Waals surface area contributed by atoms with E-state index < -0.39 is 0 Å². The van der Waals surface area contributed by atoms with Gasteiger partial charge in [-0.15, -0.1) is 0 Å². The van der Waals surface area contributed by atoms with Gasteiger partial charge in [0.2, 0.25) is 0 Å². The summed E-state index contributed by atoms with van der Waals surface area (Å²) in [4.78, 5) is 18.6. The highest BCUT2D eigenvalue weighted by Crippen LogP contribution is 2.36. The van der Waals surface area contributed by atoms with Crippen molar-refractivity contribution in [2.45, 2.75) is 13.5 Å². The Labute approximate surface area is 153 Å². The summed E-state index contributed by atoms with van der Waals surface area (Å²) in [5.74, 6) is 0.677. The highest BCUT2D eigenvalue weighted by molar-refractivity contribution is 9.10. The van der Waals surface area contributed by atoms with E-state index in [-0.39, 0.29) is 12.5 Å². The number of benzene rings is 1. The third kappa shape index (κ3) is 2.60. The molecule has 1 aromatic carbocycles. The second-order valence-electron chi connectivity index (χ2n) is 5.80. The summed E-state index contributed by atoms with van der Waals surface area (Å²) in [7, 11) is 0. The first kappa shape index (κ1) is 16.1. The average Bonchev–Trinajstić information content (AvgIpc) is 2.98. The topological polar surface area (TPSA) is 72.9 Å². The minimum Gasteiger partial charge on any atom is -0.482 e. The second-order valence-corrected chi connectivity index (χ2v) is 6.71. The van der Waals surface area contributed by atoms with E-state index in [2.05, 4.69) is 15.9 Å². The van der Waals surface area contributed by atoms with Gasteiger partial charge in [-0.25, -0.2) is 4.98 Å². The number of carbonyl (C=O) groups excluding carboxylic acids is 1. The molecule has 0 aliphatic carbocycles. The lowest BCUT2D eigenvalue weighted by Crippen LogP contribution is -2.38. The number of halogens is 1. The number of nitrogens with zero attached hydrogens (tertiary/aromatic N) is 3. The summed E-state index contributed by atoms with van der Waals surface area (Å²) in [6, 6.07) is 9.69. The first-order valence-electron chi connectivity index (χ1n) is 8.06. The highest BCUT2D eigenvalue weighted by Gasteiger charge is 2.25. The van der Waals surface area contributed by atoms with E-state index in [1.165, 1.54) is 0 Å². The first-order chi connectivity index (χ1) is 12.1. The standard InChI is InChI=1S/C18H17BrN4O2/c1-2-22-13-7-11(3-5-15(13)25-10-17(22)24)18-14(8-20)23-9-12(19)4-6-16(23)21-18/h3-7,9H,2,8,10,20H2,1H3. The van der Waals surface area contributed by atoms with Crippen molar-refractivity contribution in [3.63, 3.8) is 0 Å². The van der Waals surface area contributed by atoms with Gasteiger partial charge < -0.3 is 19.8 Å². The van der Waals surface area contributed by atoms with Crippen LogP contribution in [-0.4, -0.2) is 28.4 Å². The van der Waals surface area contributed by atoms with Gasteiger partial charge in [-0.1, -0.05) is 0 Å². The Hall–Kier alpha value is -2.38. The molecule has 4 rings (SSSR count). The van der Waals surface area contributed by atoms with Gasteiger partial charge in [-0.3, -0.25) is 4.79 Å². The first-order valence-corrected chi connectivity index (χ1v) is 8.85. The van der Waals surface area contributed by atoms with Gasteiger partial charge >= 0.3 is 0 Å². The zero-order valence-corrected chi connectivity index (χ0v) is 15.3. The summed E-state index contributed by atoms with van der Waals surface area (Å²) in [6.07, 6.45) is 1.96. The molecule has 0 atom stereocenters. The van der Waals surface area contributed by atoms with Gasteiger partial charge in [0.1, 0.15) is 11.4 Å². The highest BCUT2D eigenvalue weighted by atomic mass is 79.9. The number of pyridine rings is 1. The number of amides is 1. The number of hydrogen-bond acceptors (Lipinski definition) is 4. The molecule has 7 heteroatoms. The van der Waals surface area contributed by atoms with E-state index in [1.807, 2.05) is 47.9 Å². The van der Waals surface area contributed by atoms with Crippen LogP contribution < -0.4 is 15.4 Å². The Morgan fingerprint density at radius 3 is 2.92 bits per heavy atom. The van der Waals surface area contributed by atoms with Gasteiger partial charge in [-0.05, 0) is 53.2 Å². The van der Waals surface area contributed by atoms with E-state index in [4.69, 9.17) is 15.5 Å². The summed E-state index contributed by atoms with van der Waals surface area (Å²) < 4.78 is 8.48. The van der Waals surface area contributed by atoms with Gasteiger partial charge in [0.15, 0.2) is 6.61 Å². The molecule has 3 aromatic rings. The molecule has 0 unspecified atom stereocenters. The predicted octanol–water partition coefficient (Wildman–Crippen LogP) is 2.97. The molecule has 0 saturated heterocycles. The van der Waals surface area contributed by atoms with E-state index >= 15 is 0 Å². The number of carbonyl (C=O) groups is 1. The SMILES string of the molecule is CCN1C(=O)COc2ccc(-c3nc4ccc(Br)cn4c3CN)cc21. The van der Waals surface area contributed by atoms with Crippen molar-refractivity contribution in [3.05, 3.63) is 46.7 Å². The van der Waals surface area contributed by atoms with Crippen LogP contribution >= 0.6 is 15.9 Å². The van der Waals surface area contributed by atoms with Gasteiger partial charge in [-0.2, -0.15) is 0 Å². The number of ether oxygens (including phenoxy) is 1. The Balaban J connectivity index is 1.90. The molecule has 0 bridgehead atoms. The molecular formula is C18H17BrN4O2. The third-order valence-corrected chi connectivity index (χ3v) is 4.84. The molecule has 2 N–H and O–H groups in total. The Morgan fingerprint density at radius 2 is 2.16 bits per heavy atom. The number of aromatic nitrogens is 2. The molecule has 25 heavy (non-hydrogen) atoms. The van der Waals surface area contributed by atoms with E-state index in [0.717, 1.165) is 32.8 Å². The van der Waals surface area contributed by atoms with Crippen LogP contribution in [0.15, 0.2) is 41.0 Å². The predicted molar refractivity (Wildman–Crippen MR) is 99.7 cm³/mol. The smallest absolute Gasteiger partial charge is 0.265 e. The molecule has 0 fully saturated rings. The Morgan fingerprint density at radius 1 is 1.32 bits per heavy atom. The Kier molecular flexibility index (Phi) is 3.97. The normalized spacial score (nSPS) is 13.9. The zero-order chi connectivity index (χ0) is 17.6. The maximum atomic E-state index is 12.1. The number of rotatable bonds is 3. The molecule has 1 aliphatic heterocycles. The van der Waals surface area contributed by atoms with Gasteiger partial charge in [0.05, 0.1) is 17.1 Å². The van der Waals surface area contributed by atoms with Crippen molar-refractivity contribution in [2.24, 2.45) is 5.73 Å². The minimum absolute atomic E-state index is 0.0369. The molecule has 128 valence electrons. The quantitative estimate of drug-likeness (QED) is 0.733. The van der Waals surface area contributed by atoms with Crippen LogP contribution in [0, 0.1) is 0 Å². The fourth-order valence-electron chi connectivity index (χ4n) is 3.19. The van der Waals surface area contributed by atoms with Crippen molar-refractivity contribution in [1.82, 2.24) is 9.38 Å². The fraction of sp³-hybridized carbons (Fsp3) is 0.222. The molecular weight excluding hydrogens is 384 g/mol. The van der Waals surface area contributed by atoms with Gasteiger partial charge in [0.25, 0.3) is 5.91 Å². The number of fused-ring (bicyclic) bond motifs is 2. The summed E-state index contributed by atoms with van der Waals surface area (Å²) in [6.45, 7) is 2.99. The van der Waals surface area contributed by atoms with Crippen molar-refractivity contribution in [1.29, 1.82) is 0 Å². The lowest BCUT2D eigenvalue weighted by atomic mass is 10.1. The lowest BCUT2D eigenvalue weighted by molar-refractivity contribution is -0.121. The van der Waals surface area contributed by atoms with Crippen LogP contribution in [0.2, 0.25) is 0 Å². The lowest BCUT2D eigenvalue weighted by Gasteiger charge is -2.28. The van der Waals surface area contributed by atoms with Crippen LogP contribution in [0.25, 0.3) is 16.9 Å². The van der Waals surface area contributed by atoms with Crippen LogP contribution in [0.3, 0.4) is 0 Å². The molecule has 0 saturated carbocycles. The summed E-state index contributed by atoms with van der Waals surface area (Å²) in [5.41, 5.74) is 10.3. The maximum Gasteiger partial charge on any atom is 0.265 e. The van der Waals surface area contributed by atoms with Crippen molar-refractivity contribution in [2.75, 3.05) is 18.1 Å². The van der Waals surface area contributed by atoms with Crippen LogP contribution in [0.4, 0.5) is 5.69 Å². The third-order valence-electron chi connectivity index (χ3n) is 4.37. The number of nitrogens with two attached hydrogens (primary N) is 1. The molecule has 1 aliphatic rings. The molecule has 0 spiro atoms. The van der Waals surface area contributed by atoms with Crippen molar-refractivity contribution >= 4 is 33.2 Å². The molecule has 3 heterocycles. The molecule has 6 nitrogen and oxygen atoms in total. The number of likely N-dealkylation sites (N-methyl/N-ethyl adjacent to an activating group) is 1. The average molecular weight is 401 g/mol. The summed E-state index contributed by atoms with van der Waals surface area (Å²) in [5, 5.41) is 0. The second kappa shape index (κ2) is 6.16. The van der Waals surface area contributed by atoms with Crippen molar-refractivity contribution < 1.29 is 9.53 Å². The van der Waals surface area contributed by atoms with Gasteiger partial charge in [0, 0.05) is 29.3 Å². The molecule has 1 amide bonds.